The normalized spacial score (nSPS) is 10.8. The van der Waals surface area contributed by atoms with Crippen LogP contribution in [-0.2, 0) is 11.2 Å². The summed E-state index contributed by atoms with van der Waals surface area (Å²) < 4.78 is 11.2. The third kappa shape index (κ3) is 5.10. The first-order valence-corrected chi connectivity index (χ1v) is 8.98. The topological polar surface area (TPSA) is 18.5 Å². The minimum Gasteiger partial charge on any atom is -0.494 e. The van der Waals surface area contributed by atoms with Gasteiger partial charge in [-0.1, -0.05) is 49.6 Å². The van der Waals surface area contributed by atoms with Crippen molar-refractivity contribution in [1.29, 1.82) is 0 Å². The number of methoxy groups -OCH3 is 1. The molecule has 2 rings (SSSR count). The molecule has 0 amide bonds. The zero-order valence-corrected chi connectivity index (χ0v) is 15.5. The second-order valence-electron chi connectivity index (χ2n) is 6.44. The highest BCUT2D eigenvalue weighted by Gasteiger charge is 2.10. The van der Waals surface area contributed by atoms with Crippen molar-refractivity contribution < 1.29 is 9.47 Å². The van der Waals surface area contributed by atoms with Gasteiger partial charge >= 0.3 is 0 Å². The third-order valence-electron chi connectivity index (χ3n) is 4.36. The fraction of sp³-hybridized carbons (Fsp3) is 0.455. The molecule has 0 N–H and O–H groups in total. The lowest BCUT2D eigenvalue weighted by Gasteiger charge is -2.15. The van der Waals surface area contributed by atoms with Gasteiger partial charge in [0, 0.05) is 7.11 Å². The molecule has 0 aliphatic heterocycles. The summed E-state index contributed by atoms with van der Waals surface area (Å²) in [5.74, 6) is 0.964. The molecular weight excluding hydrogens is 296 g/mol. The van der Waals surface area contributed by atoms with Crippen molar-refractivity contribution in [3.8, 4) is 16.9 Å². The van der Waals surface area contributed by atoms with Crippen LogP contribution in [0.4, 0.5) is 0 Å². The summed E-state index contributed by atoms with van der Waals surface area (Å²) >= 11 is 0. The van der Waals surface area contributed by atoms with E-state index in [1.165, 1.54) is 40.7 Å². The minimum absolute atomic E-state index is 0.738. The Kier molecular flexibility index (Phi) is 7.33. The van der Waals surface area contributed by atoms with E-state index in [9.17, 15) is 0 Å². The molecule has 0 fully saturated rings. The predicted molar refractivity (Wildman–Crippen MR) is 102 cm³/mol. The first-order chi connectivity index (χ1) is 11.7. The Labute approximate surface area is 146 Å². The number of benzene rings is 2. The molecule has 0 aliphatic rings. The Balaban J connectivity index is 2.28. The van der Waals surface area contributed by atoms with Crippen LogP contribution in [0.2, 0.25) is 0 Å². The fourth-order valence-electron chi connectivity index (χ4n) is 2.89. The number of hydrogen-bond donors (Lipinski definition) is 0. The van der Waals surface area contributed by atoms with E-state index in [0.717, 1.165) is 31.8 Å². The van der Waals surface area contributed by atoms with Gasteiger partial charge in [-0.3, -0.25) is 0 Å². The lowest BCUT2D eigenvalue weighted by Crippen LogP contribution is -2.00. The monoisotopic (exact) mass is 326 g/mol. The number of aryl methyl sites for hydroxylation is 2. The van der Waals surface area contributed by atoms with Crippen LogP contribution in [0.5, 0.6) is 5.75 Å². The first-order valence-electron chi connectivity index (χ1n) is 8.98. The van der Waals surface area contributed by atoms with E-state index in [4.69, 9.17) is 9.47 Å². The van der Waals surface area contributed by atoms with Gasteiger partial charge in [0.25, 0.3) is 0 Å². The highest BCUT2D eigenvalue weighted by molar-refractivity contribution is 5.72. The van der Waals surface area contributed by atoms with Crippen LogP contribution < -0.4 is 4.74 Å². The van der Waals surface area contributed by atoms with E-state index in [1.807, 2.05) is 0 Å². The van der Waals surface area contributed by atoms with Gasteiger partial charge in [-0.15, -0.1) is 0 Å². The van der Waals surface area contributed by atoms with Crippen LogP contribution in [0.1, 0.15) is 42.9 Å². The van der Waals surface area contributed by atoms with E-state index < -0.39 is 0 Å². The Morgan fingerprint density at radius 2 is 1.71 bits per heavy atom. The zero-order valence-electron chi connectivity index (χ0n) is 15.5. The molecule has 0 heterocycles. The van der Waals surface area contributed by atoms with Crippen molar-refractivity contribution >= 4 is 0 Å². The molecule has 2 aromatic rings. The molecular formula is C22H30O2. The van der Waals surface area contributed by atoms with Crippen molar-refractivity contribution in [2.24, 2.45) is 0 Å². The van der Waals surface area contributed by atoms with E-state index >= 15 is 0 Å². The van der Waals surface area contributed by atoms with Gasteiger partial charge in [0.05, 0.1) is 13.2 Å². The van der Waals surface area contributed by atoms with Crippen LogP contribution >= 0.6 is 0 Å². The van der Waals surface area contributed by atoms with Gasteiger partial charge in [-0.2, -0.15) is 0 Å². The van der Waals surface area contributed by atoms with E-state index in [-0.39, 0.29) is 0 Å². The maximum absolute atomic E-state index is 5.95. The summed E-state index contributed by atoms with van der Waals surface area (Å²) in [7, 11) is 1.75. The fourth-order valence-corrected chi connectivity index (χ4v) is 2.89. The van der Waals surface area contributed by atoms with E-state index in [0.29, 0.717) is 0 Å². The van der Waals surface area contributed by atoms with Crippen LogP contribution in [-0.4, -0.2) is 20.3 Å². The summed E-state index contributed by atoms with van der Waals surface area (Å²) in [5, 5.41) is 0. The molecule has 0 bridgehead atoms. The summed E-state index contributed by atoms with van der Waals surface area (Å²) in [6.07, 6.45) is 4.48. The van der Waals surface area contributed by atoms with Crippen molar-refractivity contribution in [3.05, 3.63) is 53.1 Å². The van der Waals surface area contributed by atoms with Crippen LogP contribution in [0.25, 0.3) is 11.1 Å². The van der Waals surface area contributed by atoms with E-state index in [1.54, 1.807) is 7.11 Å². The Morgan fingerprint density at radius 3 is 2.46 bits per heavy atom. The lowest BCUT2D eigenvalue weighted by atomic mass is 9.93. The van der Waals surface area contributed by atoms with Gasteiger partial charge in [-0.25, -0.2) is 0 Å². The van der Waals surface area contributed by atoms with Gasteiger partial charge in [0.15, 0.2) is 0 Å². The average molecular weight is 326 g/mol. The smallest absolute Gasteiger partial charge is 0.119 e. The molecule has 0 spiro atoms. The maximum atomic E-state index is 5.95. The van der Waals surface area contributed by atoms with Crippen molar-refractivity contribution in [1.82, 2.24) is 0 Å². The maximum Gasteiger partial charge on any atom is 0.119 e. The Hall–Kier alpha value is -1.80. The standard InChI is InChI=1S/C22H30O2/c1-5-6-7-13-24-20-11-9-18(3)21(16-20)22-15-17(2)8-10-19(22)12-14-23-4/h8-11,15-16H,5-7,12-14H2,1-4H3. The van der Waals surface area contributed by atoms with Gasteiger partial charge < -0.3 is 9.47 Å². The van der Waals surface area contributed by atoms with Crippen LogP contribution in [0.3, 0.4) is 0 Å². The molecule has 0 aliphatic carbocycles. The van der Waals surface area contributed by atoms with Gasteiger partial charge in [0.2, 0.25) is 0 Å². The molecule has 0 atom stereocenters. The molecule has 130 valence electrons. The molecule has 2 aromatic carbocycles. The quantitative estimate of drug-likeness (QED) is 0.548. The van der Waals surface area contributed by atoms with Crippen LogP contribution in [0.15, 0.2) is 36.4 Å². The minimum atomic E-state index is 0.738. The zero-order chi connectivity index (χ0) is 17.4. The molecule has 0 radical (unpaired) electrons. The summed E-state index contributed by atoms with van der Waals surface area (Å²) in [4.78, 5) is 0. The molecule has 2 heteroatoms. The molecule has 0 saturated heterocycles. The molecule has 0 aromatic heterocycles. The first kappa shape index (κ1) is 18.5. The molecule has 24 heavy (non-hydrogen) atoms. The molecule has 0 unspecified atom stereocenters. The number of ether oxygens (including phenoxy) is 2. The summed E-state index contributed by atoms with van der Waals surface area (Å²) in [6, 6.07) is 13.1. The second-order valence-corrected chi connectivity index (χ2v) is 6.44. The van der Waals surface area contributed by atoms with Crippen LogP contribution in [0, 0.1) is 13.8 Å². The largest absolute Gasteiger partial charge is 0.494 e. The molecule has 2 nitrogen and oxygen atoms in total. The highest BCUT2D eigenvalue weighted by atomic mass is 16.5. The highest BCUT2D eigenvalue weighted by Crippen LogP contribution is 2.31. The Morgan fingerprint density at radius 1 is 0.875 bits per heavy atom. The van der Waals surface area contributed by atoms with Gasteiger partial charge in [0.1, 0.15) is 5.75 Å². The summed E-state index contributed by atoms with van der Waals surface area (Å²) in [5.41, 5.74) is 6.44. The SMILES string of the molecule is CCCCCOc1ccc(C)c(-c2cc(C)ccc2CCOC)c1. The number of unbranched alkanes of at least 4 members (excludes halogenated alkanes) is 2. The van der Waals surface area contributed by atoms with Crippen molar-refractivity contribution in [2.45, 2.75) is 46.5 Å². The van der Waals surface area contributed by atoms with Crippen molar-refractivity contribution in [2.75, 3.05) is 20.3 Å². The summed E-state index contributed by atoms with van der Waals surface area (Å²) in [6.45, 7) is 8.05. The third-order valence-corrected chi connectivity index (χ3v) is 4.36. The van der Waals surface area contributed by atoms with Crippen molar-refractivity contribution in [3.63, 3.8) is 0 Å². The second kappa shape index (κ2) is 9.48. The van der Waals surface area contributed by atoms with Gasteiger partial charge in [-0.05, 0) is 61.1 Å². The van der Waals surface area contributed by atoms with E-state index in [2.05, 4.69) is 57.2 Å². The number of hydrogen-bond acceptors (Lipinski definition) is 2. The Bertz CT molecular complexity index is 646. The average Bonchev–Trinajstić information content (AvgIpc) is 2.59. The lowest BCUT2D eigenvalue weighted by molar-refractivity contribution is 0.202. The predicted octanol–water partition coefficient (Wildman–Crippen LogP) is 5.73. The molecule has 0 saturated carbocycles. The number of rotatable bonds is 9.